The van der Waals surface area contributed by atoms with Gasteiger partial charge in [0, 0.05) is 12.5 Å². The highest BCUT2D eigenvalue weighted by Gasteiger charge is 2.46. The van der Waals surface area contributed by atoms with Crippen molar-refractivity contribution in [3.63, 3.8) is 0 Å². The quantitative estimate of drug-likeness (QED) is 0.849. The predicted molar refractivity (Wildman–Crippen MR) is 76.2 cm³/mol. The zero-order valence-electron chi connectivity index (χ0n) is 12.8. The van der Waals surface area contributed by atoms with Crippen LogP contribution in [-0.4, -0.2) is 44.0 Å². The van der Waals surface area contributed by atoms with E-state index in [-0.39, 0.29) is 18.1 Å². The smallest absolute Gasteiger partial charge is 0.344 e. The van der Waals surface area contributed by atoms with E-state index in [2.05, 4.69) is 17.1 Å². The molecular formula is C15H22N4O3. The van der Waals surface area contributed by atoms with Crippen LogP contribution in [-0.2, 0) is 0 Å². The molecule has 3 aliphatic rings. The second-order valence-electron chi connectivity index (χ2n) is 6.96. The van der Waals surface area contributed by atoms with Gasteiger partial charge in [-0.25, -0.2) is 9.86 Å². The van der Waals surface area contributed by atoms with Crippen LogP contribution >= 0.6 is 0 Å². The van der Waals surface area contributed by atoms with E-state index in [9.17, 15) is 10.0 Å². The lowest BCUT2D eigenvalue weighted by Crippen LogP contribution is -2.34. The Kier molecular flexibility index (Phi) is 3.32. The zero-order valence-corrected chi connectivity index (χ0v) is 12.8. The van der Waals surface area contributed by atoms with Gasteiger partial charge in [0.1, 0.15) is 6.04 Å². The van der Waals surface area contributed by atoms with Gasteiger partial charge in [-0.3, -0.25) is 5.21 Å². The van der Waals surface area contributed by atoms with Gasteiger partial charge in [-0.05, 0) is 44.4 Å². The topological polar surface area (TPSA) is 82.7 Å². The predicted octanol–water partition coefficient (Wildman–Crippen LogP) is 2.69. The molecule has 2 saturated heterocycles. The van der Waals surface area contributed by atoms with Gasteiger partial charge >= 0.3 is 6.03 Å². The monoisotopic (exact) mass is 306 g/mol. The summed E-state index contributed by atoms with van der Waals surface area (Å²) in [5.41, 5.74) is 0. The number of carbonyl (C=O) groups is 1. The van der Waals surface area contributed by atoms with E-state index >= 15 is 0 Å². The van der Waals surface area contributed by atoms with Crippen molar-refractivity contribution in [2.45, 2.75) is 63.5 Å². The molecule has 1 aliphatic carbocycles. The highest BCUT2D eigenvalue weighted by Crippen LogP contribution is 2.39. The maximum atomic E-state index is 12.0. The molecule has 3 fully saturated rings. The van der Waals surface area contributed by atoms with E-state index in [1.807, 2.05) is 0 Å². The third kappa shape index (κ3) is 2.18. The lowest BCUT2D eigenvalue weighted by atomic mass is 9.83. The second-order valence-corrected chi connectivity index (χ2v) is 6.96. The zero-order chi connectivity index (χ0) is 15.3. The summed E-state index contributed by atoms with van der Waals surface area (Å²) < 4.78 is 5.92. The van der Waals surface area contributed by atoms with E-state index in [1.165, 1.54) is 12.8 Å². The molecule has 2 bridgehead atoms. The summed E-state index contributed by atoms with van der Waals surface area (Å²) >= 11 is 0. The lowest BCUT2D eigenvalue weighted by molar-refractivity contribution is -0.0584. The Bertz CT molecular complexity index is 567. The molecule has 7 heteroatoms. The minimum Gasteiger partial charge on any atom is -0.423 e. The normalized spacial score (nSPS) is 35.3. The first-order valence-electron chi connectivity index (χ1n) is 8.25. The molecule has 4 rings (SSSR count). The molecule has 22 heavy (non-hydrogen) atoms. The van der Waals surface area contributed by atoms with E-state index in [0.29, 0.717) is 18.4 Å². The minimum atomic E-state index is -0.348. The van der Waals surface area contributed by atoms with Crippen molar-refractivity contribution in [2.24, 2.45) is 5.92 Å². The van der Waals surface area contributed by atoms with E-state index in [0.717, 1.165) is 42.6 Å². The molecule has 0 aromatic carbocycles. The van der Waals surface area contributed by atoms with Gasteiger partial charge in [0.15, 0.2) is 0 Å². The van der Waals surface area contributed by atoms with Crippen LogP contribution in [0.15, 0.2) is 4.42 Å². The Morgan fingerprint density at radius 2 is 1.82 bits per heavy atom. The molecule has 120 valence electrons. The van der Waals surface area contributed by atoms with Crippen LogP contribution in [0.1, 0.15) is 69.2 Å². The number of amides is 2. The number of urea groups is 1. The molecule has 0 radical (unpaired) electrons. The fourth-order valence-corrected chi connectivity index (χ4v) is 3.96. The van der Waals surface area contributed by atoms with Crippen molar-refractivity contribution in [1.29, 1.82) is 0 Å². The molecule has 1 saturated carbocycles. The second kappa shape index (κ2) is 5.22. The summed E-state index contributed by atoms with van der Waals surface area (Å²) in [7, 11) is 0. The third-order valence-corrected chi connectivity index (χ3v) is 5.45. The Hall–Kier alpha value is -1.63. The van der Waals surface area contributed by atoms with Crippen molar-refractivity contribution in [3.8, 4) is 0 Å². The van der Waals surface area contributed by atoms with Crippen LogP contribution in [0.5, 0.6) is 0 Å². The van der Waals surface area contributed by atoms with Gasteiger partial charge < -0.3 is 9.32 Å². The summed E-state index contributed by atoms with van der Waals surface area (Å²) in [5, 5.41) is 19.0. The van der Waals surface area contributed by atoms with Gasteiger partial charge in [0.2, 0.25) is 11.8 Å². The number of fused-ring (bicyclic) bond motifs is 2. The van der Waals surface area contributed by atoms with E-state index < -0.39 is 0 Å². The first-order chi connectivity index (χ1) is 10.6. The van der Waals surface area contributed by atoms with Crippen LogP contribution in [0, 0.1) is 5.92 Å². The first kappa shape index (κ1) is 14.0. The highest BCUT2D eigenvalue weighted by molar-refractivity contribution is 5.76. The Labute approximate surface area is 129 Å². The van der Waals surface area contributed by atoms with Crippen molar-refractivity contribution in [3.05, 3.63) is 11.8 Å². The highest BCUT2D eigenvalue weighted by atomic mass is 16.5. The van der Waals surface area contributed by atoms with Crippen LogP contribution in [0.3, 0.4) is 0 Å². The third-order valence-electron chi connectivity index (χ3n) is 5.45. The number of rotatable bonds is 2. The summed E-state index contributed by atoms with van der Waals surface area (Å²) in [6.07, 6.45) is 6.14. The van der Waals surface area contributed by atoms with Gasteiger partial charge in [-0.1, -0.05) is 6.92 Å². The molecule has 7 nitrogen and oxygen atoms in total. The number of nitrogens with zero attached hydrogens (tertiary/aromatic N) is 4. The largest absolute Gasteiger partial charge is 0.423 e. The molecule has 2 aliphatic heterocycles. The van der Waals surface area contributed by atoms with Gasteiger partial charge in [-0.15, -0.1) is 10.2 Å². The summed E-state index contributed by atoms with van der Waals surface area (Å²) in [5.74, 6) is 2.39. The van der Waals surface area contributed by atoms with Gasteiger partial charge in [-0.2, -0.15) is 0 Å². The molecule has 2 amide bonds. The van der Waals surface area contributed by atoms with Crippen LogP contribution in [0.2, 0.25) is 0 Å². The number of hydrogen-bond donors (Lipinski definition) is 1. The summed E-state index contributed by atoms with van der Waals surface area (Å²) in [6, 6.07) is -0.630. The summed E-state index contributed by atoms with van der Waals surface area (Å²) in [6.45, 7) is 2.83. The molecule has 0 unspecified atom stereocenters. The minimum absolute atomic E-state index is 0.0917. The summed E-state index contributed by atoms with van der Waals surface area (Å²) in [4.78, 5) is 13.7. The molecule has 3 heterocycles. The maximum absolute atomic E-state index is 12.0. The van der Waals surface area contributed by atoms with Crippen molar-refractivity contribution >= 4 is 6.03 Å². The van der Waals surface area contributed by atoms with Crippen molar-refractivity contribution in [1.82, 2.24) is 20.2 Å². The molecule has 0 spiro atoms. The standard InChI is InChI=1S/C15H22N4O3/c1-9-2-4-10(5-3-9)13-16-17-14(22-13)12-7-6-11-8-18(12)15(20)19(11)21/h9-12,21H,2-8H2,1H3/t9?,10?,11-,12+/m1/s1. The van der Waals surface area contributed by atoms with Gasteiger partial charge in [0.05, 0.1) is 6.04 Å². The van der Waals surface area contributed by atoms with Crippen molar-refractivity contribution < 1.29 is 14.4 Å². The molecular weight excluding hydrogens is 284 g/mol. The number of carbonyl (C=O) groups excluding carboxylic acids is 1. The average molecular weight is 306 g/mol. The molecule has 1 aromatic rings. The van der Waals surface area contributed by atoms with Gasteiger partial charge in [0.25, 0.3) is 0 Å². The fraction of sp³-hybridized carbons (Fsp3) is 0.800. The number of hydroxylamine groups is 2. The van der Waals surface area contributed by atoms with Crippen LogP contribution in [0.25, 0.3) is 0 Å². The first-order valence-corrected chi connectivity index (χ1v) is 8.25. The van der Waals surface area contributed by atoms with Crippen LogP contribution in [0.4, 0.5) is 4.79 Å². The van der Waals surface area contributed by atoms with E-state index in [1.54, 1.807) is 4.90 Å². The Balaban J connectivity index is 1.51. The fourth-order valence-electron chi connectivity index (χ4n) is 3.96. The van der Waals surface area contributed by atoms with Crippen LogP contribution < -0.4 is 0 Å². The average Bonchev–Trinajstić information content (AvgIpc) is 3.10. The molecule has 2 atom stereocenters. The maximum Gasteiger partial charge on any atom is 0.344 e. The Morgan fingerprint density at radius 1 is 1.09 bits per heavy atom. The molecule has 1 aromatic heterocycles. The lowest BCUT2D eigenvalue weighted by Gasteiger charge is -2.27. The molecule has 1 N–H and O–H groups in total. The SMILES string of the molecule is CC1CCC(c2nnc([C@@H]3CC[C@@H]4CN3C(=O)N4O)o2)CC1. The Morgan fingerprint density at radius 3 is 2.59 bits per heavy atom. The number of hydrogen-bond acceptors (Lipinski definition) is 5. The number of piperidine rings is 1. The number of aromatic nitrogens is 2. The van der Waals surface area contributed by atoms with E-state index in [4.69, 9.17) is 4.42 Å². The van der Waals surface area contributed by atoms with Crippen molar-refractivity contribution in [2.75, 3.05) is 6.54 Å².